The van der Waals surface area contributed by atoms with Gasteiger partial charge < -0.3 is 10.2 Å². The molecule has 2 heteroatoms. The number of allylic oxidation sites excluding steroid dienone is 2. The number of hydrogen-bond donors (Lipinski definition) is 2. The Morgan fingerprint density at radius 1 is 1.15 bits per heavy atom. The molecule has 0 heterocycles. The standard InChI is InChI=1S/C11H20O2/c1-3-5-6-7-11(13)9-8-10(12)4-2/h3,5,8-13H,4,6-7H2,1-2H3. The first-order chi connectivity index (χ1) is 6.20. The highest BCUT2D eigenvalue weighted by atomic mass is 16.3. The molecule has 2 unspecified atom stereocenters. The molecule has 2 nitrogen and oxygen atoms in total. The smallest absolute Gasteiger partial charge is 0.0724 e. The minimum Gasteiger partial charge on any atom is -0.389 e. The molecule has 0 aromatic heterocycles. The highest BCUT2D eigenvalue weighted by Gasteiger charge is 1.98. The first-order valence-electron chi connectivity index (χ1n) is 4.86. The molecule has 0 radical (unpaired) electrons. The summed E-state index contributed by atoms with van der Waals surface area (Å²) in [5, 5.41) is 18.6. The van der Waals surface area contributed by atoms with Crippen molar-refractivity contribution in [3.8, 4) is 0 Å². The normalized spacial score (nSPS) is 16.9. The van der Waals surface area contributed by atoms with E-state index >= 15 is 0 Å². The molecule has 0 rings (SSSR count). The first-order valence-corrected chi connectivity index (χ1v) is 4.86. The third kappa shape index (κ3) is 7.75. The SMILES string of the molecule is CC=CCCC(O)C=CC(O)CC. The minimum absolute atomic E-state index is 0.420. The van der Waals surface area contributed by atoms with Gasteiger partial charge in [0.15, 0.2) is 0 Å². The van der Waals surface area contributed by atoms with Crippen LogP contribution in [0.15, 0.2) is 24.3 Å². The van der Waals surface area contributed by atoms with Crippen LogP contribution in [0.5, 0.6) is 0 Å². The van der Waals surface area contributed by atoms with Crippen molar-refractivity contribution >= 4 is 0 Å². The molecular formula is C11H20O2. The second-order valence-corrected chi connectivity index (χ2v) is 3.07. The van der Waals surface area contributed by atoms with Gasteiger partial charge in [-0.3, -0.25) is 0 Å². The molecule has 2 N–H and O–H groups in total. The summed E-state index contributed by atoms with van der Waals surface area (Å²) in [4.78, 5) is 0. The largest absolute Gasteiger partial charge is 0.389 e. The summed E-state index contributed by atoms with van der Waals surface area (Å²) in [6.45, 7) is 3.87. The average Bonchev–Trinajstić information content (AvgIpc) is 2.14. The third-order valence-electron chi connectivity index (χ3n) is 1.84. The molecule has 0 bridgehead atoms. The highest BCUT2D eigenvalue weighted by molar-refractivity contribution is 4.94. The average molecular weight is 184 g/mol. The van der Waals surface area contributed by atoms with Gasteiger partial charge in [-0.1, -0.05) is 31.2 Å². The second kappa shape index (κ2) is 8.02. The van der Waals surface area contributed by atoms with Gasteiger partial charge >= 0.3 is 0 Å². The lowest BCUT2D eigenvalue weighted by molar-refractivity contribution is 0.200. The van der Waals surface area contributed by atoms with E-state index in [1.165, 1.54) is 0 Å². The van der Waals surface area contributed by atoms with Gasteiger partial charge in [0, 0.05) is 0 Å². The van der Waals surface area contributed by atoms with Crippen LogP contribution in [-0.2, 0) is 0 Å². The van der Waals surface area contributed by atoms with Gasteiger partial charge in [-0.05, 0) is 26.2 Å². The summed E-state index contributed by atoms with van der Waals surface area (Å²) in [6, 6.07) is 0. The molecule has 13 heavy (non-hydrogen) atoms. The fourth-order valence-corrected chi connectivity index (χ4v) is 0.922. The summed E-state index contributed by atoms with van der Waals surface area (Å²) in [7, 11) is 0. The molecule has 0 spiro atoms. The van der Waals surface area contributed by atoms with Gasteiger partial charge in [0.2, 0.25) is 0 Å². The zero-order chi connectivity index (χ0) is 10.1. The Morgan fingerprint density at radius 2 is 1.77 bits per heavy atom. The van der Waals surface area contributed by atoms with Crippen molar-refractivity contribution < 1.29 is 10.2 Å². The van der Waals surface area contributed by atoms with Gasteiger partial charge in [-0.25, -0.2) is 0 Å². The van der Waals surface area contributed by atoms with Crippen molar-refractivity contribution in [2.45, 2.75) is 45.3 Å². The Kier molecular flexibility index (Phi) is 7.65. The maximum absolute atomic E-state index is 9.39. The fourth-order valence-electron chi connectivity index (χ4n) is 0.922. The van der Waals surface area contributed by atoms with Crippen LogP contribution in [0.1, 0.15) is 33.1 Å². The molecule has 0 amide bonds. The van der Waals surface area contributed by atoms with Crippen LogP contribution in [0.2, 0.25) is 0 Å². The summed E-state index contributed by atoms with van der Waals surface area (Å²) in [5.41, 5.74) is 0. The Balaban J connectivity index is 3.60. The molecule has 2 atom stereocenters. The van der Waals surface area contributed by atoms with E-state index in [0.29, 0.717) is 6.42 Å². The number of aliphatic hydroxyl groups is 2. The van der Waals surface area contributed by atoms with Crippen molar-refractivity contribution in [3.63, 3.8) is 0 Å². The van der Waals surface area contributed by atoms with E-state index in [0.717, 1.165) is 12.8 Å². The lowest BCUT2D eigenvalue weighted by Crippen LogP contribution is -2.05. The Bertz CT molecular complexity index is 161. The predicted octanol–water partition coefficient (Wildman–Crippen LogP) is 2.03. The maximum atomic E-state index is 9.39. The molecule has 0 aliphatic heterocycles. The first kappa shape index (κ1) is 12.4. The van der Waals surface area contributed by atoms with Gasteiger partial charge in [0.1, 0.15) is 0 Å². The Labute approximate surface area is 80.6 Å². The van der Waals surface area contributed by atoms with Gasteiger partial charge in [0.25, 0.3) is 0 Å². The lowest BCUT2D eigenvalue weighted by atomic mass is 10.1. The quantitative estimate of drug-likeness (QED) is 0.620. The van der Waals surface area contributed by atoms with Crippen LogP contribution in [0.4, 0.5) is 0 Å². The van der Waals surface area contributed by atoms with Crippen LogP contribution in [0.25, 0.3) is 0 Å². The number of aliphatic hydroxyl groups excluding tert-OH is 2. The van der Waals surface area contributed by atoms with E-state index in [2.05, 4.69) is 0 Å². The van der Waals surface area contributed by atoms with Crippen molar-refractivity contribution in [1.82, 2.24) is 0 Å². The van der Waals surface area contributed by atoms with Gasteiger partial charge in [0.05, 0.1) is 12.2 Å². The zero-order valence-corrected chi connectivity index (χ0v) is 8.48. The third-order valence-corrected chi connectivity index (χ3v) is 1.84. The number of hydrogen-bond acceptors (Lipinski definition) is 2. The number of rotatable bonds is 6. The van der Waals surface area contributed by atoms with E-state index < -0.39 is 12.2 Å². The predicted molar refractivity (Wildman–Crippen MR) is 55.5 cm³/mol. The molecular weight excluding hydrogens is 164 g/mol. The van der Waals surface area contributed by atoms with Crippen LogP contribution >= 0.6 is 0 Å². The Morgan fingerprint density at radius 3 is 2.31 bits per heavy atom. The van der Waals surface area contributed by atoms with E-state index in [9.17, 15) is 5.11 Å². The van der Waals surface area contributed by atoms with Gasteiger partial charge in [-0.15, -0.1) is 0 Å². The summed E-state index contributed by atoms with van der Waals surface area (Å²) in [5.74, 6) is 0. The highest BCUT2D eigenvalue weighted by Crippen LogP contribution is 2.01. The summed E-state index contributed by atoms with van der Waals surface area (Å²) in [6.07, 6.45) is 8.75. The second-order valence-electron chi connectivity index (χ2n) is 3.07. The van der Waals surface area contributed by atoms with Crippen molar-refractivity contribution in [2.24, 2.45) is 0 Å². The zero-order valence-electron chi connectivity index (χ0n) is 8.48. The Hall–Kier alpha value is -0.600. The molecule has 0 aromatic carbocycles. The van der Waals surface area contributed by atoms with Crippen LogP contribution in [-0.4, -0.2) is 22.4 Å². The molecule has 0 aliphatic rings. The van der Waals surface area contributed by atoms with E-state index in [1.807, 2.05) is 26.0 Å². The van der Waals surface area contributed by atoms with Gasteiger partial charge in [-0.2, -0.15) is 0 Å². The molecule has 0 aliphatic carbocycles. The molecule has 0 fully saturated rings. The fraction of sp³-hybridized carbons (Fsp3) is 0.636. The maximum Gasteiger partial charge on any atom is 0.0724 e. The van der Waals surface area contributed by atoms with E-state index in [4.69, 9.17) is 5.11 Å². The molecule has 0 saturated carbocycles. The topological polar surface area (TPSA) is 40.5 Å². The van der Waals surface area contributed by atoms with Crippen molar-refractivity contribution in [1.29, 1.82) is 0 Å². The summed E-state index contributed by atoms with van der Waals surface area (Å²) >= 11 is 0. The van der Waals surface area contributed by atoms with E-state index in [-0.39, 0.29) is 0 Å². The summed E-state index contributed by atoms with van der Waals surface area (Å²) < 4.78 is 0. The molecule has 0 aromatic rings. The monoisotopic (exact) mass is 184 g/mol. The van der Waals surface area contributed by atoms with E-state index in [1.54, 1.807) is 12.2 Å². The lowest BCUT2D eigenvalue weighted by Gasteiger charge is -2.04. The van der Waals surface area contributed by atoms with Crippen LogP contribution in [0.3, 0.4) is 0 Å². The molecule has 76 valence electrons. The van der Waals surface area contributed by atoms with Crippen LogP contribution in [0, 0.1) is 0 Å². The van der Waals surface area contributed by atoms with Crippen molar-refractivity contribution in [3.05, 3.63) is 24.3 Å². The van der Waals surface area contributed by atoms with Crippen LogP contribution < -0.4 is 0 Å². The molecule has 0 saturated heterocycles. The van der Waals surface area contributed by atoms with Crippen molar-refractivity contribution in [2.75, 3.05) is 0 Å². The minimum atomic E-state index is -0.433.